The Balaban J connectivity index is 1.58. The molecule has 0 bridgehead atoms. The Hall–Kier alpha value is -3.34. The predicted octanol–water partition coefficient (Wildman–Crippen LogP) is 3.00. The van der Waals surface area contributed by atoms with Gasteiger partial charge in [0, 0.05) is 36.2 Å². The number of fused-ring (bicyclic) bond motifs is 3. The molecule has 0 saturated carbocycles. The zero-order chi connectivity index (χ0) is 23.6. The molecule has 0 saturated heterocycles. The molecule has 9 nitrogen and oxygen atoms in total. The Morgan fingerprint density at radius 2 is 1.94 bits per heavy atom. The van der Waals surface area contributed by atoms with E-state index in [2.05, 4.69) is 25.3 Å². The maximum Gasteiger partial charge on any atom is 0.240 e. The molecule has 1 amide bonds. The molecule has 2 aromatic carbocycles. The first-order chi connectivity index (χ1) is 15.7. The lowest BCUT2D eigenvalue weighted by Crippen LogP contribution is -2.35. The van der Waals surface area contributed by atoms with E-state index in [1.807, 2.05) is 25.1 Å². The number of aromatic nitrogens is 2. The number of methoxy groups -OCH3 is 1. The quantitative estimate of drug-likeness (QED) is 0.488. The number of hydrogen-bond donors (Lipinski definition) is 3. The Morgan fingerprint density at radius 1 is 1.18 bits per heavy atom. The van der Waals surface area contributed by atoms with Crippen LogP contribution in [-0.2, 0) is 26.0 Å². The number of carbonyl (C=O) groups is 1. The van der Waals surface area contributed by atoms with Crippen LogP contribution in [-0.4, -0.2) is 44.1 Å². The fourth-order valence-corrected chi connectivity index (χ4v) is 4.86. The lowest BCUT2D eigenvalue weighted by atomic mass is 10.0. The van der Waals surface area contributed by atoms with E-state index in [1.165, 1.54) is 19.2 Å². The first kappa shape index (κ1) is 22.8. The van der Waals surface area contributed by atoms with Crippen LogP contribution >= 0.6 is 0 Å². The van der Waals surface area contributed by atoms with Crippen molar-refractivity contribution < 1.29 is 17.9 Å². The average Bonchev–Trinajstić information content (AvgIpc) is 2.88. The summed E-state index contributed by atoms with van der Waals surface area (Å²) in [5.41, 5.74) is 4.62. The third-order valence-corrected chi connectivity index (χ3v) is 6.72. The number of hydrogen-bond acceptors (Lipinski definition) is 7. The topological polar surface area (TPSA) is 122 Å². The molecule has 2 heterocycles. The molecule has 172 valence electrons. The van der Waals surface area contributed by atoms with E-state index in [9.17, 15) is 13.2 Å². The highest BCUT2D eigenvalue weighted by Crippen LogP contribution is 2.33. The molecule has 1 aromatic heterocycles. The van der Waals surface area contributed by atoms with Gasteiger partial charge in [0.25, 0.3) is 0 Å². The molecule has 0 radical (unpaired) electrons. The van der Waals surface area contributed by atoms with Crippen LogP contribution < -0.4 is 15.4 Å². The molecule has 0 fully saturated rings. The van der Waals surface area contributed by atoms with Gasteiger partial charge >= 0.3 is 0 Å². The SMILES string of the molecule is COCC(C)NS(=O)(=O)c1ccc(Nc2ncc3c(n2)-c2ccc(C)cc2NC(=O)C3)cc1. The van der Waals surface area contributed by atoms with Crippen LogP contribution in [0.5, 0.6) is 0 Å². The number of nitrogens with zero attached hydrogens (tertiary/aromatic N) is 2. The van der Waals surface area contributed by atoms with Crippen LogP contribution in [0, 0.1) is 6.92 Å². The average molecular weight is 468 g/mol. The number of nitrogens with one attached hydrogen (secondary N) is 3. The summed E-state index contributed by atoms with van der Waals surface area (Å²) in [5, 5.41) is 6.03. The molecule has 0 spiro atoms. The van der Waals surface area contributed by atoms with Crippen molar-refractivity contribution >= 4 is 33.3 Å². The number of ether oxygens (including phenoxy) is 1. The largest absolute Gasteiger partial charge is 0.383 e. The van der Waals surface area contributed by atoms with Crippen molar-refractivity contribution in [2.24, 2.45) is 0 Å². The summed E-state index contributed by atoms with van der Waals surface area (Å²) in [7, 11) is -2.14. The van der Waals surface area contributed by atoms with Crippen LogP contribution in [0.2, 0.25) is 0 Å². The van der Waals surface area contributed by atoms with Gasteiger partial charge in [-0.25, -0.2) is 23.1 Å². The Morgan fingerprint density at radius 3 is 2.67 bits per heavy atom. The second-order valence-electron chi connectivity index (χ2n) is 7.97. The molecular formula is C23H25N5O4S. The number of benzene rings is 2. The minimum absolute atomic E-state index is 0.116. The number of aryl methyl sites for hydroxylation is 1. The van der Waals surface area contributed by atoms with Crippen molar-refractivity contribution in [2.75, 3.05) is 24.4 Å². The smallest absolute Gasteiger partial charge is 0.240 e. The standard InChI is InChI=1S/C23H25N5O4S/c1-14-4-9-19-20(10-14)26-21(29)11-16-12-24-23(27-22(16)19)25-17-5-7-18(8-6-17)33(30,31)28-15(2)13-32-3/h4-10,12,15,28H,11,13H2,1-3H3,(H,26,29)(H,24,25,27). The van der Waals surface area contributed by atoms with Gasteiger partial charge in [-0.1, -0.05) is 12.1 Å². The van der Waals surface area contributed by atoms with Gasteiger partial charge in [0.2, 0.25) is 21.9 Å². The highest BCUT2D eigenvalue weighted by molar-refractivity contribution is 7.89. The fraction of sp³-hybridized carbons (Fsp3) is 0.261. The third kappa shape index (κ3) is 5.19. The minimum Gasteiger partial charge on any atom is -0.383 e. The Bertz CT molecular complexity index is 1290. The molecule has 33 heavy (non-hydrogen) atoms. The van der Waals surface area contributed by atoms with Gasteiger partial charge in [0.15, 0.2) is 0 Å². The van der Waals surface area contributed by atoms with Gasteiger partial charge in [0.1, 0.15) is 0 Å². The van der Waals surface area contributed by atoms with Crippen LogP contribution in [0.1, 0.15) is 18.1 Å². The molecule has 1 unspecified atom stereocenters. The maximum absolute atomic E-state index is 12.5. The van der Waals surface area contributed by atoms with Crippen LogP contribution in [0.15, 0.2) is 53.6 Å². The number of amides is 1. The summed E-state index contributed by atoms with van der Waals surface area (Å²) in [6.07, 6.45) is 1.82. The molecule has 3 aromatic rings. The van der Waals surface area contributed by atoms with E-state index < -0.39 is 10.0 Å². The van der Waals surface area contributed by atoms with Gasteiger partial charge in [-0.2, -0.15) is 0 Å². The number of anilines is 3. The van der Waals surface area contributed by atoms with E-state index >= 15 is 0 Å². The van der Waals surface area contributed by atoms with Gasteiger partial charge in [-0.05, 0) is 49.7 Å². The molecule has 1 atom stereocenters. The second-order valence-corrected chi connectivity index (χ2v) is 9.68. The predicted molar refractivity (Wildman–Crippen MR) is 126 cm³/mol. The maximum atomic E-state index is 12.5. The van der Waals surface area contributed by atoms with E-state index in [1.54, 1.807) is 25.3 Å². The summed E-state index contributed by atoms with van der Waals surface area (Å²) >= 11 is 0. The van der Waals surface area contributed by atoms with Gasteiger partial charge < -0.3 is 15.4 Å². The van der Waals surface area contributed by atoms with Gasteiger partial charge in [-0.15, -0.1) is 0 Å². The van der Waals surface area contributed by atoms with Crippen molar-refractivity contribution in [1.29, 1.82) is 0 Å². The monoisotopic (exact) mass is 467 g/mol. The van der Waals surface area contributed by atoms with Crippen molar-refractivity contribution in [3.63, 3.8) is 0 Å². The van der Waals surface area contributed by atoms with E-state index in [-0.39, 0.29) is 29.9 Å². The molecule has 1 aliphatic heterocycles. The van der Waals surface area contributed by atoms with E-state index in [0.717, 1.165) is 16.7 Å². The lowest BCUT2D eigenvalue weighted by molar-refractivity contribution is -0.115. The van der Waals surface area contributed by atoms with Crippen LogP contribution in [0.4, 0.5) is 17.3 Å². The third-order valence-electron chi connectivity index (χ3n) is 5.11. The molecule has 1 aliphatic rings. The van der Waals surface area contributed by atoms with Crippen molar-refractivity contribution in [3.8, 4) is 11.3 Å². The first-order valence-electron chi connectivity index (χ1n) is 10.4. The normalized spacial score (nSPS) is 14.0. The second kappa shape index (κ2) is 9.26. The van der Waals surface area contributed by atoms with Gasteiger partial charge in [-0.3, -0.25) is 4.79 Å². The summed E-state index contributed by atoms with van der Waals surface area (Å²) < 4.78 is 32.6. The van der Waals surface area contributed by atoms with Crippen molar-refractivity contribution in [2.45, 2.75) is 31.2 Å². The summed E-state index contributed by atoms with van der Waals surface area (Å²) in [6, 6.07) is 11.8. The van der Waals surface area contributed by atoms with Crippen LogP contribution in [0.25, 0.3) is 11.3 Å². The highest BCUT2D eigenvalue weighted by atomic mass is 32.2. The first-order valence-corrected chi connectivity index (χ1v) is 11.9. The minimum atomic E-state index is -3.66. The van der Waals surface area contributed by atoms with Crippen LogP contribution in [0.3, 0.4) is 0 Å². The lowest BCUT2D eigenvalue weighted by Gasteiger charge is -2.14. The highest BCUT2D eigenvalue weighted by Gasteiger charge is 2.21. The molecular weight excluding hydrogens is 442 g/mol. The summed E-state index contributed by atoms with van der Waals surface area (Å²) in [6.45, 7) is 3.97. The molecule has 0 aliphatic carbocycles. The summed E-state index contributed by atoms with van der Waals surface area (Å²) in [5.74, 6) is 0.229. The van der Waals surface area contributed by atoms with Crippen molar-refractivity contribution in [1.82, 2.24) is 14.7 Å². The molecule has 10 heteroatoms. The number of sulfonamides is 1. The van der Waals surface area contributed by atoms with Gasteiger partial charge in [0.05, 0.1) is 29.3 Å². The van der Waals surface area contributed by atoms with E-state index in [0.29, 0.717) is 23.0 Å². The number of rotatable bonds is 7. The zero-order valence-corrected chi connectivity index (χ0v) is 19.4. The van der Waals surface area contributed by atoms with Crippen molar-refractivity contribution in [3.05, 3.63) is 59.8 Å². The molecule has 4 rings (SSSR count). The van der Waals surface area contributed by atoms with E-state index in [4.69, 9.17) is 4.74 Å². The fourth-order valence-electron chi connectivity index (χ4n) is 3.63. The Labute approximate surface area is 192 Å². The Kier molecular flexibility index (Phi) is 6.41. The number of carbonyl (C=O) groups excluding carboxylic acids is 1. The molecule has 3 N–H and O–H groups in total. The zero-order valence-electron chi connectivity index (χ0n) is 18.5. The summed E-state index contributed by atoms with van der Waals surface area (Å²) in [4.78, 5) is 21.4.